The molecule has 0 aromatic carbocycles. The van der Waals surface area contributed by atoms with Gasteiger partial charge in [-0.2, -0.15) is 0 Å². The monoisotopic (exact) mass is 766 g/mol. The molecule has 0 aliphatic carbocycles. The molecule has 0 unspecified atom stereocenters. The average Bonchev–Trinajstić information content (AvgIpc) is 3.11. The van der Waals surface area contributed by atoms with Crippen LogP contribution in [0.3, 0.4) is 0 Å². The van der Waals surface area contributed by atoms with Gasteiger partial charge in [-0.3, -0.25) is 20.2 Å². The maximum absolute atomic E-state index is 12.3. The highest BCUT2D eigenvalue weighted by Crippen LogP contribution is 2.38. The molecule has 3 saturated heterocycles. The number of piperazine rings is 3. The fraction of sp³-hybridized carbons (Fsp3) is 0.667. The minimum Gasteiger partial charge on any atom is -0.358 e. The van der Waals surface area contributed by atoms with Crippen LogP contribution < -0.4 is 9.80 Å². The van der Waals surface area contributed by atoms with Crippen molar-refractivity contribution in [3.05, 3.63) is 32.9 Å². The third-order valence-corrected chi connectivity index (χ3v) is 13.3. The van der Waals surface area contributed by atoms with Gasteiger partial charge in [0.05, 0.1) is 62.2 Å². The number of nitro groups is 2. The Balaban J connectivity index is 1.20. The standard InChI is InChI=1S/C30H46N12O4S4/c1-5-35(6-2)29(47)49-27-23(39(43)44)25(31-21-33-27)37-9-13-41(14-10-37)17-19-42(20-18-41)15-11-38(12-16-42)26-24(40(45)46)28(34-22-32-26)50-30(48)36(7-3)8-4/h21-22H,5-20H2,1-4H3/q+2. The molecular formula is C30H46N12O4S4+2. The summed E-state index contributed by atoms with van der Waals surface area (Å²) in [6, 6.07) is 0. The minimum absolute atomic E-state index is 0.0808. The number of quaternary nitrogens is 2. The lowest BCUT2D eigenvalue weighted by Crippen LogP contribution is -2.73. The fourth-order valence-electron chi connectivity index (χ4n) is 7.07. The molecule has 3 aliphatic rings. The van der Waals surface area contributed by atoms with E-state index in [0.29, 0.717) is 46.5 Å². The van der Waals surface area contributed by atoms with Gasteiger partial charge in [0.2, 0.25) is 11.6 Å². The van der Waals surface area contributed by atoms with Crippen molar-refractivity contribution in [3.8, 4) is 0 Å². The van der Waals surface area contributed by atoms with Crippen molar-refractivity contribution in [2.24, 2.45) is 0 Å². The number of hydrogen-bond donors (Lipinski definition) is 0. The molecule has 0 radical (unpaired) electrons. The second-order valence-corrected chi connectivity index (χ2v) is 16.0. The molecule has 16 nitrogen and oxygen atoms in total. The molecule has 0 amide bonds. The summed E-state index contributed by atoms with van der Waals surface area (Å²) in [5.41, 5.74) is -0.162. The van der Waals surface area contributed by atoms with Crippen molar-refractivity contribution in [2.45, 2.75) is 37.7 Å². The first-order chi connectivity index (χ1) is 24.0. The second-order valence-electron chi connectivity index (χ2n) is 12.7. The van der Waals surface area contributed by atoms with Crippen LogP contribution >= 0.6 is 48.0 Å². The Kier molecular flexibility index (Phi) is 12.6. The van der Waals surface area contributed by atoms with Gasteiger partial charge in [-0.25, -0.2) is 19.9 Å². The van der Waals surface area contributed by atoms with Crippen LogP contribution in [0.4, 0.5) is 23.0 Å². The highest BCUT2D eigenvalue weighted by atomic mass is 32.2. The lowest BCUT2D eigenvalue weighted by atomic mass is 10.1. The molecule has 0 atom stereocenters. The van der Waals surface area contributed by atoms with Crippen molar-refractivity contribution >= 4 is 79.6 Å². The summed E-state index contributed by atoms with van der Waals surface area (Å²) in [6.07, 6.45) is 2.81. The Morgan fingerprint density at radius 1 is 0.660 bits per heavy atom. The van der Waals surface area contributed by atoms with Crippen LogP contribution in [0.5, 0.6) is 0 Å². The first-order valence-corrected chi connectivity index (χ1v) is 19.6. The quantitative estimate of drug-likeness (QED) is 0.0866. The van der Waals surface area contributed by atoms with Gasteiger partial charge in [-0.1, -0.05) is 24.4 Å². The largest absolute Gasteiger partial charge is 0.358 e. The van der Waals surface area contributed by atoms with E-state index in [-0.39, 0.29) is 31.3 Å². The Morgan fingerprint density at radius 2 is 0.980 bits per heavy atom. The van der Waals surface area contributed by atoms with Crippen molar-refractivity contribution < 1.29 is 18.8 Å². The predicted molar refractivity (Wildman–Crippen MR) is 204 cm³/mol. The smallest absolute Gasteiger partial charge is 0.343 e. The van der Waals surface area contributed by atoms with E-state index >= 15 is 0 Å². The van der Waals surface area contributed by atoms with Gasteiger partial charge in [0.25, 0.3) is 0 Å². The molecule has 0 bridgehead atoms. The molecular weight excluding hydrogens is 721 g/mol. The number of thiocarbonyl (C=S) groups is 2. The molecule has 5 heterocycles. The van der Waals surface area contributed by atoms with Crippen molar-refractivity contribution in [2.75, 3.05) is 115 Å². The van der Waals surface area contributed by atoms with Gasteiger partial charge in [0, 0.05) is 26.2 Å². The van der Waals surface area contributed by atoms with E-state index in [1.54, 1.807) is 0 Å². The zero-order valence-electron chi connectivity index (χ0n) is 29.1. The van der Waals surface area contributed by atoms with Crippen molar-refractivity contribution in [3.63, 3.8) is 0 Å². The molecule has 50 heavy (non-hydrogen) atoms. The summed E-state index contributed by atoms with van der Waals surface area (Å²) in [6.45, 7) is 21.2. The summed E-state index contributed by atoms with van der Waals surface area (Å²) in [4.78, 5) is 49.1. The van der Waals surface area contributed by atoms with E-state index < -0.39 is 0 Å². The first-order valence-electron chi connectivity index (χ1n) is 17.1. The number of rotatable bonds is 10. The van der Waals surface area contributed by atoms with Crippen LogP contribution in [0, 0.1) is 20.2 Å². The average molecular weight is 767 g/mol. The number of anilines is 2. The van der Waals surface area contributed by atoms with Gasteiger partial charge in [0.1, 0.15) is 47.5 Å². The van der Waals surface area contributed by atoms with Gasteiger partial charge in [-0.15, -0.1) is 0 Å². The van der Waals surface area contributed by atoms with Crippen molar-refractivity contribution in [1.82, 2.24) is 29.7 Å². The van der Waals surface area contributed by atoms with Gasteiger partial charge in [0.15, 0.2) is 10.1 Å². The van der Waals surface area contributed by atoms with Crippen LogP contribution in [0.25, 0.3) is 0 Å². The lowest BCUT2D eigenvalue weighted by Gasteiger charge is -2.54. The molecule has 3 fully saturated rings. The maximum Gasteiger partial charge on any atom is 0.343 e. The Hall–Kier alpha value is -3.04. The topological polar surface area (TPSA) is 151 Å². The van der Waals surface area contributed by atoms with Gasteiger partial charge in [-0.05, 0) is 51.2 Å². The van der Waals surface area contributed by atoms with E-state index in [1.807, 2.05) is 47.3 Å². The van der Waals surface area contributed by atoms with E-state index in [2.05, 4.69) is 19.9 Å². The molecule has 0 N–H and O–H groups in total. The molecule has 3 aliphatic heterocycles. The number of hydrogen-bond acceptors (Lipinski definition) is 14. The van der Waals surface area contributed by atoms with E-state index in [4.69, 9.17) is 24.4 Å². The highest BCUT2D eigenvalue weighted by molar-refractivity contribution is 8.23. The maximum atomic E-state index is 12.3. The van der Waals surface area contributed by atoms with Gasteiger partial charge < -0.3 is 28.6 Å². The molecule has 20 heteroatoms. The Labute approximate surface area is 312 Å². The van der Waals surface area contributed by atoms with Crippen LogP contribution in [0.15, 0.2) is 22.7 Å². The SMILES string of the molecule is CCN(CC)C(=S)Sc1ncnc(N2CC[N+]3(CC2)CC[N+]2(CCN(c4ncnc(SC(=S)N(CC)CC)c4[N+](=O)[O-])CC2)CC3)c1[N+](=O)[O-]. The molecule has 2 aromatic rings. The van der Waals surface area contributed by atoms with E-state index in [9.17, 15) is 20.2 Å². The third kappa shape index (κ3) is 8.20. The zero-order valence-corrected chi connectivity index (χ0v) is 32.4. The summed E-state index contributed by atoms with van der Waals surface area (Å²) >= 11 is 13.4. The van der Waals surface area contributed by atoms with Gasteiger partial charge >= 0.3 is 11.4 Å². The number of thioether (sulfide) groups is 2. The highest BCUT2D eigenvalue weighted by Gasteiger charge is 2.46. The van der Waals surface area contributed by atoms with Crippen LogP contribution in [-0.2, 0) is 0 Å². The molecule has 2 aromatic heterocycles. The normalized spacial score (nSPS) is 18.2. The number of aromatic nitrogens is 4. The van der Waals surface area contributed by atoms with Crippen LogP contribution in [0.1, 0.15) is 27.7 Å². The summed E-state index contributed by atoms with van der Waals surface area (Å²) in [5, 5.41) is 25.1. The van der Waals surface area contributed by atoms with Crippen LogP contribution in [-0.4, -0.2) is 162 Å². The third-order valence-electron chi connectivity index (χ3n) is 10.4. The van der Waals surface area contributed by atoms with E-state index in [1.165, 1.54) is 12.7 Å². The predicted octanol–water partition coefficient (Wildman–Crippen LogP) is 3.51. The minimum atomic E-state index is -0.382. The molecule has 2 spiro atoms. The van der Waals surface area contributed by atoms with Crippen LogP contribution in [0.2, 0.25) is 0 Å². The Morgan fingerprint density at radius 3 is 1.26 bits per heavy atom. The molecule has 5 rings (SSSR count). The summed E-state index contributed by atoms with van der Waals surface area (Å²) < 4.78 is 3.09. The fourth-order valence-corrected chi connectivity index (χ4v) is 9.89. The summed E-state index contributed by atoms with van der Waals surface area (Å²) in [7, 11) is 0. The van der Waals surface area contributed by atoms with E-state index in [0.717, 1.165) is 111 Å². The lowest BCUT2D eigenvalue weighted by molar-refractivity contribution is -1.03. The molecule has 0 saturated carbocycles. The molecule has 272 valence electrons. The zero-order chi connectivity index (χ0) is 36.1. The first kappa shape index (κ1) is 38.2. The Bertz CT molecular complexity index is 1450. The summed E-state index contributed by atoms with van der Waals surface area (Å²) in [5.74, 6) is 0.721. The number of nitrogens with zero attached hydrogens (tertiary/aromatic N) is 12. The second kappa shape index (κ2) is 16.5. The van der Waals surface area contributed by atoms with Crippen molar-refractivity contribution in [1.29, 1.82) is 0 Å².